The molecule has 0 saturated carbocycles. The van der Waals surface area contributed by atoms with Gasteiger partial charge in [0.05, 0.1) is 13.0 Å². The largest absolute Gasteiger partial charge is 0.489 e. The van der Waals surface area contributed by atoms with E-state index in [4.69, 9.17) is 13.9 Å². The fourth-order valence-electron chi connectivity index (χ4n) is 2.75. The third kappa shape index (κ3) is 5.49. The molecule has 158 valence electrons. The summed E-state index contributed by atoms with van der Waals surface area (Å²) in [6.45, 7) is 1.90. The van der Waals surface area contributed by atoms with Gasteiger partial charge in [-0.2, -0.15) is 8.42 Å². The molecule has 0 aliphatic carbocycles. The number of nitrogens with one attached hydrogen (secondary N) is 1. The molecule has 0 spiro atoms. The Morgan fingerprint density at radius 3 is 2.37 bits per heavy atom. The number of sulfonamides is 1. The first-order chi connectivity index (χ1) is 14.4. The van der Waals surface area contributed by atoms with Crippen molar-refractivity contribution in [1.29, 1.82) is 0 Å². The Morgan fingerprint density at radius 2 is 1.70 bits per heavy atom. The van der Waals surface area contributed by atoms with Gasteiger partial charge < -0.3 is 13.9 Å². The smallest absolute Gasteiger partial charge is 0.297 e. The molecule has 1 amide bonds. The van der Waals surface area contributed by atoms with E-state index in [-0.39, 0.29) is 24.7 Å². The molecule has 0 saturated heterocycles. The van der Waals surface area contributed by atoms with Crippen LogP contribution in [0.4, 0.5) is 0 Å². The molecule has 2 aromatic carbocycles. The van der Waals surface area contributed by atoms with Gasteiger partial charge in [0.25, 0.3) is 10.0 Å². The molecule has 30 heavy (non-hydrogen) atoms. The zero-order chi connectivity index (χ0) is 21.6. The summed E-state index contributed by atoms with van der Waals surface area (Å²) in [4.78, 5) is 11.7. The topological polar surface area (TPSA) is 94.8 Å². The van der Waals surface area contributed by atoms with Crippen molar-refractivity contribution in [3.8, 4) is 16.9 Å². The van der Waals surface area contributed by atoms with Crippen molar-refractivity contribution < 1.29 is 27.1 Å². The van der Waals surface area contributed by atoms with Crippen LogP contribution in [-0.2, 0) is 26.2 Å². The molecule has 1 heterocycles. The maximum Gasteiger partial charge on any atom is 0.297 e. The van der Waals surface area contributed by atoms with Crippen molar-refractivity contribution in [2.45, 2.75) is 25.0 Å². The number of carbonyl (C=O) groups excluding carboxylic acids is 1. The van der Waals surface area contributed by atoms with Crippen LogP contribution in [0.5, 0.6) is 5.75 Å². The second kappa shape index (κ2) is 9.60. The minimum absolute atomic E-state index is 0.0651. The van der Waals surface area contributed by atoms with Gasteiger partial charge in [-0.25, -0.2) is 4.72 Å². The molecule has 0 bridgehead atoms. The van der Waals surface area contributed by atoms with Crippen molar-refractivity contribution in [3.05, 3.63) is 72.0 Å². The number of hydrogen-bond donors (Lipinski definition) is 1. The minimum atomic E-state index is -4.09. The average Bonchev–Trinajstić information content (AvgIpc) is 3.13. The summed E-state index contributed by atoms with van der Waals surface area (Å²) in [7, 11) is -2.66. The van der Waals surface area contributed by atoms with E-state index in [2.05, 4.69) is 0 Å². The number of rotatable bonds is 9. The lowest BCUT2D eigenvalue weighted by atomic mass is 10.1. The van der Waals surface area contributed by atoms with Crippen LogP contribution in [0.25, 0.3) is 11.1 Å². The Kier molecular flexibility index (Phi) is 6.91. The first-order valence-electron chi connectivity index (χ1n) is 9.31. The van der Waals surface area contributed by atoms with E-state index >= 15 is 0 Å². The van der Waals surface area contributed by atoms with Crippen LogP contribution in [0.3, 0.4) is 0 Å². The number of furan rings is 1. The fraction of sp³-hybridized carbons (Fsp3) is 0.227. The van der Waals surface area contributed by atoms with Crippen molar-refractivity contribution >= 4 is 15.9 Å². The predicted molar refractivity (Wildman–Crippen MR) is 111 cm³/mol. The predicted octanol–water partition coefficient (Wildman–Crippen LogP) is 3.68. The van der Waals surface area contributed by atoms with E-state index < -0.39 is 15.9 Å². The van der Waals surface area contributed by atoms with Crippen molar-refractivity contribution in [3.63, 3.8) is 0 Å². The second-order valence-corrected chi connectivity index (χ2v) is 8.21. The van der Waals surface area contributed by atoms with E-state index in [1.807, 2.05) is 59.3 Å². The minimum Gasteiger partial charge on any atom is -0.489 e. The monoisotopic (exact) mass is 429 g/mol. The third-order valence-electron chi connectivity index (χ3n) is 4.40. The molecule has 0 atom stereocenters. The van der Waals surface area contributed by atoms with Gasteiger partial charge in [0.15, 0.2) is 0 Å². The van der Waals surface area contributed by atoms with E-state index in [0.717, 1.165) is 11.1 Å². The maximum atomic E-state index is 12.3. The summed E-state index contributed by atoms with van der Waals surface area (Å²) in [6.07, 6.45) is -0.0651. The van der Waals surface area contributed by atoms with E-state index in [9.17, 15) is 13.2 Å². The summed E-state index contributed by atoms with van der Waals surface area (Å²) in [5, 5.41) is -0.330. The van der Waals surface area contributed by atoms with Crippen LogP contribution >= 0.6 is 0 Å². The Morgan fingerprint density at radius 1 is 1.03 bits per heavy atom. The highest BCUT2D eigenvalue weighted by Crippen LogP contribution is 2.24. The van der Waals surface area contributed by atoms with Gasteiger partial charge in [-0.15, -0.1) is 0 Å². The quantitative estimate of drug-likeness (QED) is 0.558. The van der Waals surface area contributed by atoms with Crippen LogP contribution in [0.2, 0.25) is 0 Å². The molecule has 0 aliphatic rings. The van der Waals surface area contributed by atoms with E-state index in [0.29, 0.717) is 17.1 Å². The summed E-state index contributed by atoms with van der Waals surface area (Å²) >= 11 is 0. The van der Waals surface area contributed by atoms with Crippen LogP contribution in [0, 0.1) is 6.92 Å². The van der Waals surface area contributed by atoms with Gasteiger partial charge in [-0.1, -0.05) is 42.5 Å². The zero-order valence-electron chi connectivity index (χ0n) is 16.8. The maximum absolute atomic E-state index is 12.3. The molecule has 3 rings (SSSR count). The molecule has 7 nitrogen and oxygen atoms in total. The molecule has 1 aromatic heterocycles. The normalized spacial score (nSPS) is 11.3. The van der Waals surface area contributed by atoms with Gasteiger partial charge in [-0.05, 0) is 30.2 Å². The van der Waals surface area contributed by atoms with E-state index in [1.54, 1.807) is 6.92 Å². The fourth-order valence-corrected chi connectivity index (χ4v) is 3.78. The number of ether oxygens (including phenoxy) is 2. The van der Waals surface area contributed by atoms with Gasteiger partial charge in [0.2, 0.25) is 11.0 Å². The summed E-state index contributed by atoms with van der Waals surface area (Å²) < 4.78 is 42.5. The highest BCUT2D eigenvalue weighted by Gasteiger charge is 2.23. The van der Waals surface area contributed by atoms with Crippen molar-refractivity contribution in [2.24, 2.45) is 0 Å². The Balaban J connectivity index is 1.64. The van der Waals surface area contributed by atoms with Gasteiger partial charge in [0, 0.05) is 18.7 Å². The number of amides is 1. The lowest BCUT2D eigenvalue weighted by Gasteiger charge is -2.07. The SMILES string of the molecule is COCCC(=O)NS(=O)(=O)c1cc(COc2ccc(-c3ccccc3)cc2)c(C)o1. The van der Waals surface area contributed by atoms with Crippen LogP contribution in [0.1, 0.15) is 17.7 Å². The number of carbonyl (C=O) groups is 1. The average molecular weight is 429 g/mol. The van der Waals surface area contributed by atoms with Crippen LogP contribution in [0.15, 0.2) is 70.2 Å². The standard InChI is InChI=1S/C22H23NO6S/c1-16-19(14-22(29-16)30(25,26)23-21(24)12-13-27-2)15-28-20-10-8-18(9-11-20)17-6-4-3-5-7-17/h3-11,14H,12-13,15H2,1-2H3,(H,23,24). The van der Waals surface area contributed by atoms with Gasteiger partial charge >= 0.3 is 0 Å². The molecule has 0 fully saturated rings. The first kappa shape index (κ1) is 21.6. The summed E-state index contributed by atoms with van der Waals surface area (Å²) in [6, 6.07) is 19.0. The Labute approximate surface area is 175 Å². The van der Waals surface area contributed by atoms with Crippen LogP contribution < -0.4 is 9.46 Å². The number of benzene rings is 2. The number of aryl methyl sites for hydroxylation is 1. The van der Waals surface area contributed by atoms with Crippen molar-refractivity contribution in [1.82, 2.24) is 4.72 Å². The lowest BCUT2D eigenvalue weighted by molar-refractivity contribution is -0.120. The van der Waals surface area contributed by atoms with Gasteiger partial charge in [0.1, 0.15) is 18.1 Å². The van der Waals surface area contributed by atoms with Crippen molar-refractivity contribution in [2.75, 3.05) is 13.7 Å². The summed E-state index contributed by atoms with van der Waals surface area (Å²) in [5.74, 6) is 0.385. The first-order valence-corrected chi connectivity index (χ1v) is 10.8. The Hall–Kier alpha value is -3.10. The molecule has 8 heteroatoms. The molecule has 0 unspecified atom stereocenters. The molecule has 0 aliphatic heterocycles. The lowest BCUT2D eigenvalue weighted by Crippen LogP contribution is -2.30. The zero-order valence-corrected chi connectivity index (χ0v) is 17.6. The molecular formula is C22H23NO6S. The van der Waals surface area contributed by atoms with E-state index in [1.165, 1.54) is 13.2 Å². The Bertz CT molecular complexity index is 1090. The number of methoxy groups -OCH3 is 1. The van der Waals surface area contributed by atoms with Crippen LogP contribution in [-0.4, -0.2) is 28.0 Å². The highest BCUT2D eigenvalue weighted by molar-refractivity contribution is 7.89. The second-order valence-electron chi connectivity index (χ2n) is 6.60. The number of hydrogen-bond acceptors (Lipinski definition) is 6. The molecule has 3 aromatic rings. The third-order valence-corrected chi connectivity index (χ3v) is 5.63. The molecule has 1 N–H and O–H groups in total. The highest BCUT2D eigenvalue weighted by atomic mass is 32.2. The van der Waals surface area contributed by atoms with Gasteiger partial charge in [-0.3, -0.25) is 4.79 Å². The molecule has 0 radical (unpaired) electrons. The molecular weight excluding hydrogens is 406 g/mol. The summed E-state index contributed by atoms with van der Waals surface area (Å²) in [5.41, 5.74) is 2.75.